The molecule has 4 N–H and O–H groups in total. The van der Waals surface area contributed by atoms with Gasteiger partial charge in [-0.25, -0.2) is 0 Å². The standard InChI is InChI=1S/C17H16N2O2/c1-12-9-13(5-4-8-18)11-14(10-12)19-17(21)15-6-2-3-7-16(15)20/h2-3,6-7,9-11,20H,8,18H2,1H3,(H,19,21). The molecule has 2 aromatic rings. The van der Waals surface area contributed by atoms with E-state index in [0.717, 1.165) is 11.1 Å². The molecule has 0 aliphatic carbocycles. The van der Waals surface area contributed by atoms with E-state index in [1.807, 2.05) is 19.1 Å². The number of phenols is 1. The average Bonchev–Trinajstić information content (AvgIpc) is 2.45. The van der Waals surface area contributed by atoms with Crippen LogP contribution in [0.1, 0.15) is 21.5 Å². The molecule has 0 bridgehead atoms. The Balaban J connectivity index is 2.25. The predicted octanol–water partition coefficient (Wildman–Crippen LogP) is 2.26. The van der Waals surface area contributed by atoms with E-state index < -0.39 is 0 Å². The molecule has 1 amide bonds. The van der Waals surface area contributed by atoms with Gasteiger partial charge >= 0.3 is 0 Å². The van der Waals surface area contributed by atoms with Crippen molar-refractivity contribution in [3.05, 3.63) is 59.2 Å². The third-order valence-electron chi connectivity index (χ3n) is 2.82. The molecular weight excluding hydrogens is 264 g/mol. The van der Waals surface area contributed by atoms with Crippen molar-refractivity contribution in [1.29, 1.82) is 0 Å². The zero-order chi connectivity index (χ0) is 15.2. The minimum absolute atomic E-state index is 0.0502. The number of amides is 1. The Morgan fingerprint density at radius 3 is 2.76 bits per heavy atom. The number of benzene rings is 2. The molecule has 4 heteroatoms. The highest BCUT2D eigenvalue weighted by Gasteiger charge is 2.10. The second kappa shape index (κ2) is 6.60. The molecule has 106 valence electrons. The summed E-state index contributed by atoms with van der Waals surface area (Å²) in [6.07, 6.45) is 0. The van der Waals surface area contributed by atoms with Gasteiger partial charge in [0.2, 0.25) is 0 Å². The number of aromatic hydroxyl groups is 1. The summed E-state index contributed by atoms with van der Waals surface area (Å²) in [6.45, 7) is 2.21. The summed E-state index contributed by atoms with van der Waals surface area (Å²) < 4.78 is 0. The Hall–Kier alpha value is -2.77. The number of nitrogens with two attached hydrogens (primary N) is 1. The fourth-order valence-electron chi connectivity index (χ4n) is 1.94. The Morgan fingerprint density at radius 2 is 2.05 bits per heavy atom. The van der Waals surface area contributed by atoms with E-state index in [0.29, 0.717) is 5.69 Å². The van der Waals surface area contributed by atoms with Gasteiger partial charge in [-0.05, 0) is 42.8 Å². The molecule has 0 radical (unpaired) electrons. The topological polar surface area (TPSA) is 75.3 Å². The van der Waals surface area contributed by atoms with Crippen molar-refractivity contribution in [3.63, 3.8) is 0 Å². The lowest BCUT2D eigenvalue weighted by atomic mass is 10.1. The lowest BCUT2D eigenvalue weighted by molar-refractivity contribution is 0.102. The maximum absolute atomic E-state index is 12.1. The first-order chi connectivity index (χ1) is 10.1. The zero-order valence-electron chi connectivity index (χ0n) is 11.7. The summed E-state index contributed by atoms with van der Waals surface area (Å²) in [5.74, 6) is 5.30. The summed E-state index contributed by atoms with van der Waals surface area (Å²) >= 11 is 0. The normalized spacial score (nSPS) is 9.62. The van der Waals surface area contributed by atoms with Crippen LogP contribution in [0.5, 0.6) is 5.75 Å². The molecule has 2 aromatic carbocycles. The van der Waals surface area contributed by atoms with Gasteiger partial charge in [0, 0.05) is 11.3 Å². The van der Waals surface area contributed by atoms with Gasteiger partial charge < -0.3 is 16.2 Å². The first-order valence-electron chi connectivity index (χ1n) is 6.50. The Bertz CT molecular complexity index is 727. The highest BCUT2D eigenvalue weighted by Crippen LogP contribution is 2.19. The van der Waals surface area contributed by atoms with Crippen molar-refractivity contribution < 1.29 is 9.90 Å². The maximum atomic E-state index is 12.1. The first-order valence-corrected chi connectivity index (χ1v) is 6.50. The number of carbonyl (C=O) groups is 1. The number of hydrogen-bond donors (Lipinski definition) is 3. The summed E-state index contributed by atoms with van der Waals surface area (Å²) in [7, 11) is 0. The van der Waals surface area contributed by atoms with Crippen molar-refractivity contribution >= 4 is 11.6 Å². The molecule has 0 saturated carbocycles. The van der Waals surface area contributed by atoms with Gasteiger partial charge in [-0.15, -0.1) is 0 Å². The first kappa shape index (κ1) is 14.6. The average molecular weight is 280 g/mol. The smallest absolute Gasteiger partial charge is 0.259 e. The molecule has 0 saturated heterocycles. The van der Waals surface area contributed by atoms with Crippen LogP contribution in [0.25, 0.3) is 0 Å². The number of carbonyl (C=O) groups excluding carboxylic acids is 1. The van der Waals surface area contributed by atoms with Crippen LogP contribution in [0.4, 0.5) is 5.69 Å². The van der Waals surface area contributed by atoms with Crippen LogP contribution in [-0.4, -0.2) is 17.6 Å². The highest BCUT2D eigenvalue weighted by molar-refractivity contribution is 6.06. The van der Waals surface area contributed by atoms with E-state index in [9.17, 15) is 9.90 Å². The minimum Gasteiger partial charge on any atom is -0.507 e. The Morgan fingerprint density at radius 1 is 1.29 bits per heavy atom. The largest absolute Gasteiger partial charge is 0.507 e. The summed E-state index contributed by atoms with van der Waals surface area (Å²) in [4.78, 5) is 12.1. The lowest BCUT2D eigenvalue weighted by Gasteiger charge is -2.08. The summed E-state index contributed by atoms with van der Waals surface area (Å²) in [5.41, 5.74) is 7.98. The predicted molar refractivity (Wildman–Crippen MR) is 83.2 cm³/mol. The van der Waals surface area contributed by atoms with Gasteiger partial charge in [0.15, 0.2) is 0 Å². The molecule has 0 spiro atoms. The van der Waals surface area contributed by atoms with E-state index in [4.69, 9.17) is 5.73 Å². The van der Waals surface area contributed by atoms with Crippen LogP contribution in [-0.2, 0) is 0 Å². The number of anilines is 1. The van der Waals surface area contributed by atoms with E-state index in [2.05, 4.69) is 17.2 Å². The number of rotatable bonds is 2. The second-order valence-electron chi connectivity index (χ2n) is 4.56. The molecule has 2 rings (SSSR count). The Labute approximate surface area is 123 Å². The zero-order valence-corrected chi connectivity index (χ0v) is 11.7. The van der Waals surface area contributed by atoms with Crippen LogP contribution in [0, 0.1) is 18.8 Å². The van der Waals surface area contributed by atoms with Crippen LogP contribution in [0.3, 0.4) is 0 Å². The minimum atomic E-state index is -0.364. The molecule has 0 atom stereocenters. The number of nitrogens with one attached hydrogen (secondary N) is 1. The second-order valence-corrected chi connectivity index (χ2v) is 4.56. The molecule has 0 aliphatic rings. The van der Waals surface area contributed by atoms with E-state index >= 15 is 0 Å². The molecule has 21 heavy (non-hydrogen) atoms. The monoisotopic (exact) mass is 280 g/mol. The maximum Gasteiger partial charge on any atom is 0.259 e. The van der Waals surface area contributed by atoms with Gasteiger partial charge in [-0.1, -0.05) is 24.0 Å². The van der Waals surface area contributed by atoms with Crippen molar-refractivity contribution in [2.45, 2.75) is 6.92 Å². The van der Waals surface area contributed by atoms with Gasteiger partial charge in [0.1, 0.15) is 5.75 Å². The van der Waals surface area contributed by atoms with Crippen molar-refractivity contribution in [3.8, 4) is 17.6 Å². The summed E-state index contributed by atoms with van der Waals surface area (Å²) in [5, 5.41) is 12.4. The van der Waals surface area contributed by atoms with Crippen LogP contribution < -0.4 is 11.1 Å². The van der Waals surface area contributed by atoms with Crippen molar-refractivity contribution in [1.82, 2.24) is 0 Å². The van der Waals surface area contributed by atoms with Gasteiger partial charge in [0.25, 0.3) is 5.91 Å². The number of aryl methyl sites for hydroxylation is 1. The molecular formula is C17H16N2O2. The third-order valence-corrected chi connectivity index (χ3v) is 2.82. The quantitative estimate of drug-likeness (QED) is 0.739. The van der Waals surface area contributed by atoms with Gasteiger partial charge in [0.05, 0.1) is 12.1 Å². The van der Waals surface area contributed by atoms with Crippen LogP contribution in [0.15, 0.2) is 42.5 Å². The fraction of sp³-hybridized carbons (Fsp3) is 0.118. The molecule has 0 aromatic heterocycles. The SMILES string of the molecule is Cc1cc(C#CCN)cc(NC(=O)c2ccccc2O)c1. The molecule has 0 unspecified atom stereocenters. The third kappa shape index (κ3) is 3.85. The van der Waals surface area contributed by atoms with Crippen molar-refractivity contribution in [2.75, 3.05) is 11.9 Å². The summed E-state index contributed by atoms with van der Waals surface area (Å²) in [6, 6.07) is 11.9. The molecule has 0 aliphatic heterocycles. The number of hydrogen-bond acceptors (Lipinski definition) is 3. The van der Waals surface area contributed by atoms with Gasteiger partial charge in [-0.3, -0.25) is 4.79 Å². The fourth-order valence-corrected chi connectivity index (χ4v) is 1.94. The molecule has 0 fully saturated rings. The van der Waals surface area contributed by atoms with Gasteiger partial charge in [-0.2, -0.15) is 0 Å². The van der Waals surface area contributed by atoms with E-state index in [1.165, 1.54) is 6.07 Å². The number of phenolic OH excluding ortho intramolecular Hbond substituents is 1. The van der Waals surface area contributed by atoms with E-state index in [-0.39, 0.29) is 23.8 Å². The lowest BCUT2D eigenvalue weighted by Crippen LogP contribution is -2.12. The highest BCUT2D eigenvalue weighted by atomic mass is 16.3. The van der Waals surface area contributed by atoms with Crippen LogP contribution >= 0.6 is 0 Å². The van der Waals surface area contributed by atoms with E-state index in [1.54, 1.807) is 24.3 Å². The van der Waals surface area contributed by atoms with Crippen LogP contribution in [0.2, 0.25) is 0 Å². The molecule has 0 heterocycles. The number of para-hydroxylation sites is 1. The van der Waals surface area contributed by atoms with Crippen molar-refractivity contribution in [2.24, 2.45) is 5.73 Å². The Kier molecular flexibility index (Phi) is 4.60. The molecule has 4 nitrogen and oxygen atoms in total.